The van der Waals surface area contributed by atoms with Crippen molar-refractivity contribution in [1.29, 1.82) is 0 Å². The molecule has 1 saturated heterocycles. The fourth-order valence-corrected chi connectivity index (χ4v) is 3.48. The smallest absolute Gasteiger partial charge is 0.329 e. The first-order chi connectivity index (χ1) is 12.6. The summed E-state index contributed by atoms with van der Waals surface area (Å²) in [4.78, 5) is 33.6. The molecule has 0 unspecified atom stereocenters. The molecule has 0 saturated carbocycles. The minimum Gasteiger partial charge on any atom is -0.353 e. The molecule has 1 fully saturated rings. The Labute approximate surface area is 151 Å². The van der Waals surface area contributed by atoms with E-state index < -0.39 is 0 Å². The van der Waals surface area contributed by atoms with E-state index in [0.29, 0.717) is 13.1 Å². The molecule has 7 heteroatoms. The number of anilines is 1. The molecule has 2 aromatic heterocycles. The lowest BCUT2D eigenvalue weighted by molar-refractivity contribution is -0.132. The summed E-state index contributed by atoms with van der Waals surface area (Å²) in [5, 5.41) is 0. The molecule has 134 valence electrons. The standard InChI is InChI=1S/C19H21N5O2/c1-21-15-6-2-3-7-16(15)24(19(21)26)14-18(25)23-12-10-22(11-13-23)17-8-4-5-9-20-17/h2-9H,10-14H2,1H3. The molecule has 0 aliphatic carbocycles. The monoisotopic (exact) mass is 351 g/mol. The van der Waals surface area contributed by atoms with Gasteiger partial charge in [0.05, 0.1) is 11.0 Å². The number of pyridine rings is 1. The largest absolute Gasteiger partial charge is 0.353 e. The summed E-state index contributed by atoms with van der Waals surface area (Å²) in [5.74, 6) is 0.911. The molecule has 7 nitrogen and oxygen atoms in total. The third kappa shape index (κ3) is 2.85. The van der Waals surface area contributed by atoms with Gasteiger partial charge in [-0.3, -0.25) is 13.9 Å². The zero-order valence-electron chi connectivity index (χ0n) is 14.7. The molecule has 1 amide bonds. The topological polar surface area (TPSA) is 63.4 Å². The number of rotatable bonds is 3. The Hall–Kier alpha value is -3.09. The number of carbonyl (C=O) groups is 1. The maximum Gasteiger partial charge on any atom is 0.329 e. The number of aryl methyl sites for hydroxylation is 1. The van der Waals surface area contributed by atoms with Crippen molar-refractivity contribution in [2.45, 2.75) is 6.54 Å². The minimum absolute atomic E-state index is 0.0240. The van der Waals surface area contributed by atoms with E-state index in [1.807, 2.05) is 47.4 Å². The molecular formula is C19H21N5O2. The lowest BCUT2D eigenvalue weighted by Gasteiger charge is -2.35. The predicted octanol–water partition coefficient (Wildman–Crippen LogP) is 1.08. The van der Waals surface area contributed by atoms with E-state index in [0.717, 1.165) is 29.9 Å². The van der Waals surface area contributed by atoms with E-state index >= 15 is 0 Å². The Morgan fingerprint density at radius 1 is 1.00 bits per heavy atom. The fraction of sp³-hybridized carbons (Fsp3) is 0.316. The second kappa shape index (κ2) is 6.67. The van der Waals surface area contributed by atoms with Crippen molar-refractivity contribution in [3.8, 4) is 0 Å². The average molecular weight is 351 g/mol. The highest BCUT2D eigenvalue weighted by Gasteiger charge is 2.23. The lowest BCUT2D eigenvalue weighted by atomic mass is 10.3. The van der Waals surface area contributed by atoms with Crippen LogP contribution < -0.4 is 10.6 Å². The summed E-state index contributed by atoms with van der Waals surface area (Å²) in [6, 6.07) is 13.4. The van der Waals surface area contributed by atoms with Gasteiger partial charge in [0.2, 0.25) is 5.91 Å². The predicted molar refractivity (Wildman–Crippen MR) is 100 cm³/mol. The van der Waals surface area contributed by atoms with Crippen LogP contribution in [0.4, 0.5) is 5.82 Å². The van der Waals surface area contributed by atoms with Crippen molar-refractivity contribution < 1.29 is 4.79 Å². The van der Waals surface area contributed by atoms with Crippen molar-refractivity contribution in [2.75, 3.05) is 31.1 Å². The highest BCUT2D eigenvalue weighted by atomic mass is 16.2. The number of hydrogen-bond donors (Lipinski definition) is 0. The summed E-state index contributed by atoms with van der Waals surface area (Å²) in [7, 11) is 1.73. The van der Waals surface area contributed by atoms with Crippen molar-refractivity contribution >= 4 is 22.8 Å². The van der Waals surface area contributed by atoms with Crippen LogP contribution in [0, 0.1) is 0 Å². The third-order valence-electron chi connectivity index (χ3n) is 4.95. The van der Waals surface area contributed by atoms with Crippen LogP contribution in [0.5, 0.6) is 0 Å². The van der Waals surface area contributed by atoms with Gasteiger partial charge < -0.3 is 9.80 Å². The first kappa shape index (κ1) is 16.4. The van der Waals surface area contributed by atoms with Crippen LogP contribution in [0.3, 0.4) is 0 Å². The quantitative estimate of drug-likeness (QED) is 0.708. The van der Waals surface area contributed by atoms with Crippen LogP contribution in [-0.4, -0.2) is 51.1 Å². The summed E-state index contributed by atoms with van der Waals surface area (Å²) in [5.41, 5.74) is 1.47. The number of amides is 1. The SMILES string of the molecule is Cn1c(=O)n(CC(=O)N2CCN(c3ccccn3)CC2)c2ccccc21. The number of para-hydroxylation sites is 2. The second-order valence-electron chi connectivity index (χ2n) is 6.47. The van der Waals surface area contributed by atoms with Crippen LogP contribution in [-0.2, 0) is 18.4 Å². The van der Waals surface area contributed by atoms with Crippen molar-refractivity contribution in [1.82, 2.24) is 19.0 Å². The van der Waals surface area contributed by atoms with E-state index in [1.165, 1.54) is 0 Å². The molecule has 26 heavy (non-hydrogen) atoms. The lowest BCUT2D eigenvalue weighted by Crippen LogP contribution is -2.50. The van der Waals surface area contributed by atoms with Crippen molar-refractivity contribution in [3.05, 3.63) is 59.1 Å². The number of fused-ring (bicyclic) bond motifs is 1. The number of hydrogen-bond acceptors (Lipinski definition) is 4. The van der Waals surface area contributed by atoms with E-state index in [4.69, 9.17) is 0 Å². The fourth-order valence-electron chi connectivity index (χ4n) is 3.48. The number of benzene rings is 1. The number of nitrogens with zero attached hydrogens (tertiary/aromatic N) is 5. The summed E-state index contributed by atoms with van der Waals surface area (Å²) >= 11 is 0. The average Bonchev–Trinajstić information content (AvgIpc) is 2.94. The number of imidazole rings is 1. The molecule has 0 atom stereocenters. The van der Waals surface area contributed by atoms with Crippen LogP contribution in [0.2, 0.25) is 0 Å². The molecule has 0 radical (unpaired) electrons. The van der Waals surface area contributed by atoms with Crippen molar-refractivity contribution in [3.63, 3.8) is 0 Å². The molecule has 1 aliphatic rings. The molecule has 0 N–H and O–H groups in total. The van der Waals surface area contributed by atoms with E-state index in [1.54, 1.807) is 22.4 Å². The number of aromatic nitrogens is 3. The maximum absolute atomic E-state index is 12.7. The first-order valence-corrected chi connectivity index (χ1v) is 8.73. The van der Waals surface area contributed by atoms with Crippen LogP contribution in [0.1, 0.15) is 0 Å². The van der Waals surface area contributed by atoms with Gasteiger partial charge in [-0.15, -0.1) is 0 Å². The van der Waals surface area contributed by atoms with Crippen LogP contribution >= 0.6 is 0 Å². The molecule has 4 rings (SSSR count). The number of carbonyl (C=O) groups excluding carboxylic acids is 1. The molecular weight excluding hydrogens is 330 g/mol. The van der Waals surface area contributed by atoms with Gasteiger partial charge in [0.1, 0.15) is 12.4 Å². The summed E-state index contributed by atoms with van der Waals surface area (Å²) < 4.78 is 3.14. The number of piperazine rings is 1. The molecule has 1 aromatic carbocycles. The van der Waals surface area contributed by atoms with E-state index in [9.17, 15) is 9.59 Å². The Balaban J connectivity index is 1.47. The summed E-state index contributed by atoms with van der Waals surface area (Å²) in [6.07, 6.45) is 1.78. The van der Waals surface area contributed by atoms with Crippen molar-refractivity contribution in [2.24, 2.45) is 7.05 Å². The van der Waals surface area contributed by atoms with Gasteiger partial charge in [-0.05, 0) is 24.3 Å². The minimum atomic E-state index is -0.160. The Morgan fingerprint density at radius 3 is 2.38 bits per heavy atom. The molecule has 0 bridgehead atoms. The second-order valence-corrected chi connectivity index (χ2v) is 6.47. The Kier molecular flexibility index (Phi) is 4.20. The highest BCUT2D eigenvalue weighted by molar-refractivity contribution is 5.81. The molecule has 3 heterocycles. The maximum atomic E-state index is 12.7. The van der Waals surface area contributed by atoms with E-state index in [2.05, 4.69) is 9.88 Å². The van der Waals surface area contributed by atoms with Gasteiger partial charge in [-0.1, -0.05) is 18.2 Å². The Bertz CT molecular complexity index is 984. The van der Waals surface area contributed by atoms with Gasteiger partial charge in [0.25, 0.3) is 0 Å². The first-order valence-electron chi connectivity index (χ1n) is 8.73. The van der Waals surface area contributed by atoms with Crippen LogP contribution in [0.15, 0.2) is 53.5 Å². The normalized spacial score (nSPS) is 14.8. The van der Waals surface area contributed by atoms with E-state index in [-0.39, 0.29) is 18.1 Å². The van der Waals surface area contributed by atoms with Gasteiger partial charge in [0.15, 0.2) is 0 Å². The van der Waals surface area contributed by atoms with Gasteiger partial charge in [0, 0.05) is 39.4 Å². The molecule has 1 aliphatic heterocycles. The van der Waals surface area contributed by atoms with Gasteiger partial charge in [-0.2, -0.15) is 0 Å². The zero-order valence-corrected chi connectivity index (χ0v) is 14.7. The van der Waals surface area contributed by atoms with Gasteiger partial charge in [-0.25, -0.2) is 9.78 Å². The van der Waals surface area contributed by atoms with Gasteiger partial charge >= 0.3 is 5.69 Å². The highest BCUT2D eigenvalue weighted by Crippen LogP contribution is 2.14. The molecule has 0 spiro atoms. The molecule has 3 aromatic rings. The zero-order chi connectivity index (χ0) is 18.1. The Morgan fingerprint density at radius 2 is 1.69 bits per heavy atom. The third-order valence-corrected chi connectivity index (χ3v) is 4.95. The van der Waals surface area contributed by atoms with Crippen LogP contribution in [0.25, 0.3) is 11.0 Å². The summed E-state index contributed by atoms with van der Waals surface area (Å²) in [6.45, 7) is 2.83.